The lowest BCUT2D eigenvalue weighted by atomic mass is 10.1. The van der Waals surface area contributed by atoms with E-state index < -0.39 is 23.4 Å². The molecule has 0 bridgehead atoms. The number of fused-ring (bicyclic) bond motifs is 2. The number of aliphatic hydroxyl groups is 1. The minimum Gasteiger partial charge on any atom is -0.493 e. The zero-order valence-electron chi connectivity index (χ0n) is 28.5. The predicted molar refractivity (Wildman–Crippen MR) is 189 cm³/mol. The average molecular weight is 673 g/mol. The smallest absolute Gasteiger partial charge is 0.435 e. The molecular weight excluding hydrogens is 628 g/mol. The molecular formula is C37H44N4O6S. The predicted octanol–water partition coefficient (Wildman–Crippen LogP) is 8.18. The second-order valence-corrected chi connectivity index (χ2v) is 15.3. The van der Waals surface area contributed by atoms with Crippen molar-refractivity contribution in [2.24, 2.45) is 0 Å². The normalized spacial score (nSPS) is 16.0. The molecule has 1 atom stereocenters. The van der Waals surface area contributed by atoms with E-state index >= 15 is 0 Å². The fourth-order valence-electron chi connectivity index (χ4n) is 5.93. The summed E-state index contributed by atoms with van der Waals surface area (Å²) < 4.78 is 21.3. The summed E-state index contributed by atoms with van der Waals surface area (Å²) in [7, 11) is 0. The Labute approximate surface area is 284 Å². The molecule has 0 amide bonds. The maximum atomic E-state index is 13.9. The monoisotopic (exact) mass is 672 g/mol. The number of carbonyl (C=O) groups is 2. The SMILES string of the molecule is CC(C)(C)OC(=O)n1nc(-c2cc3ccc(OCCCN4CCCC(O)C4)cc3n2C(=O)OC(C)(C)C)c2sc(-c3ccccc3)cc21. The molecule has 0 saturated carbocycles. The summed E-state index contributed by atoms with van der Waals surface area (Å²) >= 11 is 1.50. The van der Waals surface area contributed by atoms with Gasteiger partial charge < -0.3 is 24.2 Å². The average Bonchev–Trinajstić information content (AvgIpc) is 3.70. The van der Waals surface area contributed by atoms with Crippen LogP contribution in [0.5, 0.6) is 5.75 Å². The Morgan fingerprint density at radius 3 is 2.38 bits per heavy atom. The van der Waals surface area contributed by atoms with Crippen molar-refractivity contribution in [2.75, 3.05) is 26.2 Å². The van der Waals surface area contributed by atoms with Crippen molar-refractivity contribution >= 4 is 44.6 Å². The van der Waals surface area contributed by atoms with Gasteiger partial charge in [0.25, 0.3) is 0 Å². The largest absolute Gasteiger partial charge is 0.493 e. The molecule has 0 spiro atoms. The van der Waals surface area contributed by atoms with E-state index in [1.54, 1.807) is 0 Å². The first-order valence-corrected chi connectivity index (χ1v) is 17.3. The molecule has 48 heavy (non-hydrogen) atoms. The van der Waals surface area contributed by atoms with E-state index in [1.807, 2.05) is 102 Å². The van der Waals surface area contributed by atoms with Gasteiger partial charge in [-0.1, -0.05) is 30.3 Å². The van der Waals surface area contributed by atoms with Crippen LogP contribution in [0.1, 0.15) is 60.8 Å². The lowest BCUT2D eigenvalue weighted by molar-refractivity contribution is 0.0520. The Balaban J connectivity index is 1.41. The van der Waals surface area contributed by atoms with Crippen LogP contribution in [0, 0.1) is 0 Å². The lowest BCUT2D eigenvalue weighted by Gasteiger charge is -2.29. The summed E-state index contributed by atoms with van der Waals surface area (Å²) in [5.74, 6) is 0.627. The minimum absolute atomic E-state index is 0.257. The minimum atomic E-state index is -0.754. The maximum absolute atomic E-state index is 13.9. The zero-order valence-corrected chi connectivity index (χ0v) is 29.3. The Morgan fingerprint density at radius 1 is 0.938 bits per heavy atom. The van der Waals surface area contributed by atoms with Gasteiger partial charge in [-0.25, -0.2) is 14.2 Å². The van der Waals surface area contributed by atoms with Crippen LogP contribution >= 0.6 is 11.3 Å². The van der Waals surface area contributed by atoms with Crippen molar-refractivity contribution in [3.63, 3.8) is 0 Å². The van der Waals surface area contributed by atoms with Crippen LogP contribution in [0.2, 0.25) is 0 Å². The van der Waals surface area contributed by atoms with Crippen LogP contribution in [-0.4, -0.2) is 80.1 Å². The van der Waals surface area contributed by atoms with Crippen LogP contribution in [0.4, 0.5) is 9.59 Å². The van der Waals surface area contributed by atoms with Gasteiger partial charge in [0.1, 0.15) is 22.6 Å². The molecule has 2 aromatic carbocycles. The molecule has 5 aromatic rings. The van der Waals surface area contributed by atoms with Crippen molar-refractivity contribution in [1.29, 1.82) is 0 Å². The van der Waals surface area contributed by atoms with Crippen LogP contribution in [0.3, 0.4) is 0 Å². The van der Waals surface area contributed by atoms with E-state index in [4.69, 9.17) is 19.3 Å². The molecule has 10 nitrogen and oxygen atoms in total. The number of benzene rings is 2. The number of nitrogens with zero attached hydrogens (tertiary/aromatic N) is 4. The van der Waals surface area contributed by atoms with Crippen LogP contribution in [0.25, 0.3) is 42.9 Å². The summed E-state index contributed by atoms with van der Waals surface area (Å²) in [6.07, 6.45) is 1.25. The standard InChI is InChI=1S/C37H44N4O6S/c1-36(2,3)46-34(43)40-28-21-27(45-19-11-18-39-17-10-14-26(42)23-39)16-15-25(28)20-29(40)32-33-30(41(38-32)35(44)47-37(4,5)6)22-31(48-33)24-12-8-7-9-13-24/h7-9,12-13,15-16,20-22,26,42H,10-11,14,17-19,23H2,1-6H3. The highest BCUT2D eigenvalue weighted by Crippen LogP contribution is 2.41. The number of aromatic nitrogens is 3. The first kappa shape index (κ1) is 33.7. The van der Waals surface area contributed by atoms with Crippen molar-refractivity contribution in [3.05, 3.63) is 60.7 Å². The second-order valence-electron chi connectivity index (χ2n) is 14.3. The zero-order chi connectivity index (χ0) is 34.2. The third-order valence-corrected chi connectivity index (χ3v) is 9.12. The number of piperidine rings is 1. The lowest BCUT2D eigenvalue weighted by Crippen LogP contribution is -2.39. The third kappa shape index (κ3) is 7.59. The molecule has 1 saturated heterocycles. The molecule has 4 heterocycles. The van der Waals surface area contributed by atoms with E-state index in [9.17, 15) is 14.7 Å². The van der Waals surface area contributed by atoms with Crippen molar-refractivity contribution in [2.45, 2.75) is 78.1 Å². The molecule has 1 aliphatic rings. The molecule has 1 fully saturated rings. The molecule has 254 valence electrons. The topological polar surface area (TPSA) is 108 Å². The van der Waals surface area contributed by atoms with Gasteiger partial charge in [-0.3, -0.25) is 0 Å². The number of ether oxygens (including phenoxy) is 3. The molecule has 1 unspecified atom stereocenters. The molecule has 0 aliphatic carbocycles. The third-order valence-electron chi connectivity index (χ3n) is 7.94. The van der Waals surface area contributed by atoms with Crippen molar-refractivity contribution in [3.8, 4) is 27.6 Å². The molecule has 1 aliphatic heterocycles. The van der Waals surface area contributed by atoms with Gasteiger partial charge >= 0.3 is 12.2 Å². The summed E-state index contributed by atoms with van der Waals surface area (Å²) in [5, 5.41) is 15.6. The van der Waals surface area contributed by atoms with Gasteiger partial charge in [0.05, 0.1) is 34.1 Å². The van der Waals surface area contributed by atoms with Crippen LogP contribution < -0.4 is 4.74 Å². The maximum Gasteiger partial charge on any atom is 0.435 e. The van der Waals surface area contributed by atoms with E-state index in [-0.39, 0.29) is 6.10 Å². The number of likely N-dealkylation sites (tertiary alicyclic amines) is 1. The highest BCUT2D eigenvalue weighted by molar-refractivity contribution is 7.22. The number of rotatable bonds is 7. The van der Waals surface area contributed by atoms with E-state index in [2.05, 4.69) is 4.90 Å². The number of thiophene rings is 1. The van der Waals surface area contributed by atoms with E-state index in [0.29, 0.717) is 41.3 Å². The Hall–Kier alpha value is -4.19. The second kappa shape index (κ2) is 13.4. The molecule has 6 rings (SSSR count). The highest BCUT2D eigenvalue weighted by Gasteiger charge is 2.29. The van der Waals surface area contributed by atoms with Gasteiger partial charge in [-0.2, -0.15) is 9.78 Å². The Morgan fingerprint density at radius 2 is 1.67 bits per heavy atom. The molecule has 0 radical (unpaired) electrons. The van der Waals surface area contributed by atoms with E-state index in [0.717, 1.165) is 52.9 Å². The summed E-state index contributed by atoms with van der Waals surface area (Å²) in [5.41, 5.74) is 1.68. The first-order chi connectivity index (χ1) is 22.8. The number of carbonyl (C=O) groups excluding carboxylic acids is 2. The van der Waals surface area contributed by atoms with Gasteiger partial charge in [-0.05, 0) is 97.2 Å². The van der Waals surface area contributed by atoms with Crippen LogP contribution in [0.15, 0.2) is 60.7 Å². The summed E-state index contributed by atoms with van der Waals surface area (Å²) in [4.78, 5) is 30.7. The summed E-state index contributed by atoms with van der Waals surface area (Å²) in [6.45, 7) is 14.0. The molecule has 3 aromatic heterocycles. The Kier molecular flexibility index (Phi) is 9.39. The van der Waals surface area contributed by atoms with Gasteiger partial charge in [-0.15, -0.1) is 11.3 Å². The number of β-amino-alcohol motifs (C(OH)–C–C–N with tert-alkyl or cyclic N) is 1. The number of aliphatic hydroxyl groups excluding tert-OH is 1. The fourth-order valence-corrected chi connectivity index (χ4v) is 7.06. The number of hydrogen-bond acceptors (Lipinski definition) is 9. The summed E-state index contributed by atoms with van der Waals surface area (Å²) in [6, 6.07) is 19.4. The van der Waals surface area contributed by atoms with Gasteiger partial charge in [0.15, 0.2) is 0 Å². The fraction of sp³-hybridized carbons (Fsp3) is 0.432. The van der Waals surface area contributed by atoms with Crippen molar-refractivity contribution < 1.29 is 28.9 Å². The van der Waals surface area contributed by atoms with E-state index in [1.165, 1.54) is 20.6 Å². The van der Waals surface area contributed by atoms with Crippen molar-refractivity contribution in [1.82, 2.24) is 19.2 Å². The number of hydrogen-bond donors (Lipinski definition) is 1. The molecule has 1 N–H and O–H groups in total. The first-order valence-electron chi connectivity index (χ1n) is 16.5. The molecule has 11 heteroatoms. The van der Waals surface area contributed by atoms with Crippen LogP contribution in [-0.2, 0) is 9.47 Å². The highest BCUT2D eigenvalue weighted by atomic mass is 32.1. The van der Waals surface area contributed by atoms with Gasteiger partial charge in [0.2, 0.25) is 0 Å². The van der Waals surface area contributed by atoms with Gasteiger partial charge in [0, 0.05) is 29.4 Å². The Bertz CT molecular complexity index is 1930. The quantitative estimate of drug-likeness (QED) is 0.173.